The Labute approximate surface area is 100 Å². The number of hydrogen-bond donors (Lipinski definition) is 1. The molecule has 0 aliphatic rings. The highest BCUT2D eigenvalue weighted by atomic mass is 32.2. The van der Waals surface area contributed by atoms with E-state index in [1.165, 1.54) is 0 Å². The average molecular weight is 245 g/mol. The molecule has 0 aromatic carbocycles. The zero-order chi connectivity index (χ0) is 11.8. The Kier molecular flexibility index (Phi) is 6.44. The van der Waals surface area contributed by atoms with Crippen LogP contribution in [-0.4, -0.2) is 28.8 Å². The Morgan fingerprint density at radius 1 is 1.56 bits per heavy atom. The van der Waals surface area contributed by atoms with Gasteiger partial charge in [0.05, 0.1) is 6.04 Å². The van der Waals surface area contributed by atoms with Crippen molar-refractivity contribution in [3.05, 3.63) is 11.7 Å². The molecule has 2 N–H and O–H groups in total. The molecule has 92 valence electrons. The standard InChI is InChI=1S/C10H19N3O2S/c1-3-5-14-7-9-12-10(15-13-9)8(11)4-6-16-2/h8H,3-7,11H2,1-2H3. The lowest BCUT2D eigenvalue weighted by molar-refractivity contribution is 0.114. The Bertz CT molecular complexity index is 293. The highest BCUT2D eigenvalue weighted by molar-refractivity contribution is 7.98. The van der Waals surface area contributed by atoms with E-state index in [4.69, 9.17) is 15.0 Å². The highest BCUT2D eigenvalue weighted by Crippen LogP contribution is 2.14. The van der Waals surface area contributed by atoms with Gasteiger partial charge in [0.15, 0.2) is 5.82 Å². The predicted octanol–water partition coefficient (Wildman–Crippen LogP) is 1.75. The van der Waals surface area contributed by atoms with Crippen molar-refractivity contribution in [1.29, 1.82) is 0 Å². The van der Waals surface area contributed by atoms with Gasteiger partial charge in [0.1, 0.15) is 6.61 Å². The lowest BCUT2D eigenvalue weighted by Gasteiger charge is -2.03. The van der Waals surface area contributed by atoms with Gasteiger partial charge < -0.3 is 15.0 Å². The zero-order valence-corrected chi connectivity index (χ0v) is 10.6. The van der Waals surface area contributed by atoms with Crippen LogP contribution < -0.4 is 5.73 Å². The molecular weight excluding hydrogens is 226 g/mol. The van der Waals surface area contributed by atoms with Gasteiger partial charge in [0, 0.05) is 6.61 Å². The normalized spacial score (nSPS) is 12.9. The molecule has 1 rings (SSSR count). The fourth-order valence-electron chi connectivity index (χ4n) is 1.15. The molecule has 0 radical (unpaired) electrons. The van der Waals surface area contributed by atoms with E-state index in [0.29, 0.717) is 24.9 Å². The third kappa shape index (κ3) is 4.51. The van der Waals surface area contributed by atoms with E-state index in [-0.39, 0.29) is 6.04 Å². The number of ether oxygens (including phenoxy) is 1. The minimum absolute atomic E-state index is 0.167. The minimum atomic E-state index is -0.167. The number of rotatable bonds is 8. The van der Waals surface area contributed by atoms with Gasteiger partial charge in [-0.25, -0.2) is 0 Å². The molecule has 0 amide bonds. The maximum atomic E-state index is 5.90. The minimum Gasteiger partial charge on any atom is -0.373 e. The first-order valence-corrected chi connectivity index (χ1v) is 6.82. The van der Waals surface area contributed by atoms with Crippen LogP contribution in [0.5, 0.6) is 0 Å². The van der Waals surface area contributed by atoms with Gasteiger partial charge in [0.2, 0.25) is 5.89 Å². The largest absolute Gasteiger partial charge is 0.373 e. The number of nitrogens with two attached hydrogens (primary N) is 1. The Morgan fingerprint density at radius 3 is 3.06 bits per heavy atom. The van der Waals surface area contributed by atoms with E-state index in [1.54, 1.807) is 11.8 Å². The molecule has 1 aromatic heterocycles. The first-order chi connectivity index (χ1) is 7.77. The number of thioether (sulfide) groups is 1. The smallest absolute Gasteiger partial charge is 0.243 e. The summed E-state index contributed by atoms with van der Waals surface area (Å²) in [5.74, 6) is 2.07. The molecule has 6 heteroatoms. The first-order valence-electron chi connectivity index (χ1n) is 5.42. The SMILES string of the molecule is CCCOCc1noc(C(N)CCSC)n1. The molecule has 1 aromatic rings. The highest BCUT2D eigenvalue weighted by Gasteiger charge is 2.14. The van der Waals surface area contributed by atoms with E-state index < -0.39 is 0 Å². The summed E-state index contributed by atoms with van der Waals surface area (Å²) in [5.41, 5.74) is 5.90. The summed E-state index contributed by atoms with van der Waals surface area (Å²) in [7, 11) is 0. The molecule has 0 aliphatic heterocycles. The molecule has 0 saturated carbocycles. The fourth-order valence-corrected chi connectivity index (χ4v) is 1.64. The molecule has 0 aliphatic carbocycles. The average Bonchev–Trinajstić information content (AvgIpc) is 2.75. The first kappa shape index (κ1) is 13.5. The van der Waals surface area contributed by atoms with Crippen LogP contribution in [0.2, 0.25) is 0 Å². The zero-order valence-electron chi connectivity index (χ0n) is 9.81. The topological polar surface area (TPSA) is 74.2 Å². The molecule has 5 nitrogen and oxygen atoms in total. The van der Waals surface area contributed by atoms with E-state index in [1.807, 2.05) is 6.26 Å². The van der Waals surface area contributed by atoms with Crippen molar-refractivity contribution in [2.75, 3.05) is 18.6 Å². The van der Waals surface area contributed by atoms with Crippen LogP contribution in [0.4, 0.5) is 0 Å². The molecule has 0 fully saturated rings. The van der Waals surface area contributed by atoms with Crippen molar-refractivity contribution in [2.45, 2.75) is 32.4 Å². The number of aromatic nitrogens is 2. The molecular formula is C10H19N3O2S. The third-order valence-corrected chi connectivity index (χ3v) is 2.66. The maximum absolute atomic E-state index is 5.90. The van der Waals surface area contributed by atoms with Gasteiger partial charge in [-0.05, 0) is 24.9 Å². The van der Waals surface area contributed by atoms with Crippen molar-refractivity contribution < 1.29 is 9.26 Å². The van der Waals surface area contributed by atoms with Gasteiger partial charge in [-0.1, -0.05) is 12.1 Å². The Hall–Kier alpha value is -0.590. The van der Waals surface area contributed by atoms with Crippen LogP contribution in [0.1, 0.15) is 37.5 Å². The van der Waals surface area contributed by atoms with Crippen molar-refractivity contribution in [3.8, 4) is 0 Å². The van der Waals surface area contributed by atoms with Crippen LogP contribution in [0.25, 0.3) is 0 Å². The summed E-state index contributed by atoms with van der Waals surface area (Å²) in [4.78, 5) is 4.20. The van der Waals surface area contributed by atoms with Crippen LogP contribution in [-0.2, 0) is 11.3 Å². The van der Waals surface area contributed by atoms with Crippen LogP contribution in [0, 0.1) is 0 Å². The summed E-state index contributed by atoms with van der Waals surface area (Å²) < 4.78 is 10.4. The Morgan fingerprint density at radius 2 is 2.38 bits per heavy atom. The lowest BCUT2D eigenvalue weighted by Crippen LogP contribution is -2.11. The summed E-state index contributed by atoms with van der Waals surface area (Å²) >= 11 is 1.75. The van der Waals surface area contributed by atoms with Gasteiger partial charge in [-0.2, -0.15) is 16.7 Å². The van der Waals surface area contributed by atoms with E-state index in [0.717, 1.165) is 18.6 Å². The summed E-state index contributed by atoms with van der Waals surface area (Å²) in [6.45, 7) is 3.16. The molecule has 0 saturated heterocycles. The number of hydrogen-bond acceptors (Lipinski definition) is 6. The number of nitrogens with zero attached hydrogens (tertiary/aromatic N) is 2. The third-order valence-electron chi connectivity index (χ3n) is 2.01. The van der Waals surface area contributed by atoms with Gasteiger partial charge in [-0.3, -0.25) is 0 Å². The summed E-state index contributed by atoms with van der Waals surface area (Å²) in [6, 6.07) is -0.167. The monoisotopic (exact) mass is 245 g/mol. The second kappa shape index (κ2) is 7.65. The summed E-state index contributed by atoms with van der Waals surface area (Å²) in [5, 5.41) is 3.82. The Balaban J connectivity index is 2.37. The van der Waals surface area contributed by atoms with Gasteiger partial charge >= 0.3 is 0 Å². The van der Waals surface area contributed by atoms with Crippen molar-refractivity contribution in [3.63, 3.8) is 0 Å². The van der Waals surface area contributed by atoms with Crippen molar-refractivity contribution in [2.24, 2.45) is 5.73 Å². The molecule has 1 unspecified atom stereocenters. The molecule has 16 heavy (non-hydrogen) atoms. The van der Waals surface area contributed by atoms with Crippen molar-refractivity contribution >= 4 is 11.8 Å². The second-order valence-corrected chi connectivity index (χ2v) is 4.47. The van der Waals surface area contributed by atoms with Gasteiger partial charge in [-0.15, -0.1) is 0 Å². The van der Waals surface area contributed by atoms with Gasteiger partial charge in [0.25, 0.3) is 0 Å². The molecule has 0 spiro atoms. The second-order valence-electron chi connectivity index (χ2n) is 3.49. The molecule has 0 bridgehead atoms. The quantitative estimate of drug-likeness (QED) is 0.703. The van der Waals surface area contributed by atoms with E-state index >= 15 is 0 Å². The predicted molar refractivity (Wildman–Crippen MR) is 64.2 cm³/mol. The van der Waals surface area contributed by atoms with Crippen LogP contribution >= 0.6 is 11.8 Å². The van der Waals surface area contributed by atoms with Crippen LogP contribution in [0.15, 0.2) is 4.52 Å². The van der Waals surface area contributed by atoms with E-state index in [2.05, 4.69) is 17.1 Å². The summed E-state index contributed by atoms with van der Waals surface area (Å²) in [6.07, 6.45) is 3.88. The van der Waals surface area contributed by atoms with Crippen LogP contribution in [0.3, 0.4) is 0 Å². The van der Waals surface area contributed by atoms with E-state index in [9.17, 15) is 0 Å². The molecule has 1 atom stereocenters. The fraction of sp³-hybridized carbons (Fsp3) is 0.800. The molecule has 1 heterocycles. The maximum Gasteiger partial charge on any atom is 0.243 e. The van der Waals surface area contributed by atoms with Crippen molar-refractivity contribution in [1.82, 2.24) is 10.1 Å². The lowest BCUT2D eigenvalue weighted by atomic mass is 10.2.